The van der Waals surface area contributed by atoms with E-state index in [1.54, 1.807) is 0 Å². The summed E-state index contributed by atoms with van der Waals surface area (Å²) >= 11 is 0. The van der Waals surface area contributed by atoms with Gasteiger partial charge in [-0.25, -0.2) is 4.79 Å². The van der Waals surface area contributed by atoms with Gasteiger partial charge in [-0.05, 0) is 30.9 Å². The van der Waals surface area contributed by atoms with E-state index in [1.165, 1.54) is 17.5 Å². The number of rotatable bonds is 3. The number of nitrogens with zero attached hydrogens (tertiary/aromatic N) is 3. The van der Waals surface area contributed by atoms with E-state index in [-0.39, 0.29) is 5.76 Å². The van der Waals surface area contributed by atoms with Gasteiger partial charge in [-0.2, -0.15) is 4.68 Å². The second-order valence-corrected chi connectivity index (χ2v) is 5.48. The highest BCUT2D eigenvalue weighted by Crippen LogP contribution is 2.17. The lowest BCUT2D eigenvalue weighted by Crippen LogP contribution is -2.37. The SMILES string of the molecule is CC1CCN(Cn2nc(-c3ccccc3)oc2=O)CC1. The van der Waals surface area contributed by atoms with Crippen LogP contribution in [0.15, 0.2) is 39.5 Å². The van der Waals surface area contributed by atoms with Crippen LogP contribution >= 0.6 is 0 Å². The number of aromatic nitrogens is 2. The highest BCUT2D eigenvalue weighted by Gasteiger charge is 2.18. The van der Waals surface area contributed by atoms with E-state index in [1.807, 2.05) is 30.3 Å². The fourth-order valence-electron chi connectivity index (χ4n) is 2.49. The van der Waals surface area contributed by atoms with Crippen LogP contribution in [0.3, 0.4) is 0 Å². The molecule has 0 amide bonds. The van der Waals surface area contributed by atoms with Crippen molar-refractivity contribution in [2.75, 3.05) is 13.1 Å². The molecular weight excluding hydrogens is 254 g/mol. The highest BCUT2D eigenvalue weighted by atomic mass is 16.4. The summed E-state index contributed by atoms with van der Waals surface area (Å²) in [5, 5.41) is 4.29. The summed E-state index contributed by atoms with van der Waals surface area (Å²) in [6.07, 6.45) is 2.36. The van der Waals surface area contributed by atoms with Crippen LogP contribution in [0.5, 0.6) is 0 Å². The molecule has 5 nitrogen and oxygen atoms in total. The molecule has 20 heavy (non-hydrogen) atoms. The van der Waals surface area contributed by atoms with E-state index in [0.717, 1.165) is 24.6 Å². The van der Waals surface area contributed by atoms with Crippen LogP contribution in [0.2, 0.25) is 0 Å². The van der Waals surface area contributed by atoms with Crippen LogP contribution in [0, 0.1) is 5.92 Å². The number of piperidine rings is 1. The van der Waals surface area contributed by atoms with Gasteiger partial charge < -0.3 is 4.42 Å². The maximum Gasteiger partial charge on any atom is 0.438 e. The van der Waals surface area contributed by atoms with E-state index in [4.69, 9.17) is 4.42 Å². The molecule has 0 aliphatic carbocycles. The zero-order valence-corrected chi connectivity index (χ0v) is 11.7. The van der Waals surface area contributed by atoms with Crippen LogP contribution in [0.25, 0.3) is 11.5 Å². The molecule has 1 aliphatic heterocycles. The van der Waals surface area contributed by atoms with Gasteiger partial charge in [0.25, 0.3) is 0 Å². The maximum absolute atomic E-state index is 11.9. The molecule has 1 saturated heterocycles. The number of hydrogen-bond acceptors (Lipinski definition) is 4. The lowest BCUT2D eigenvalue weighted by atomic mass is 10.00. The van der Waals surface area contributed by atoms with Gasteiger partial charge in [-0.3, -0.25) is 4.90 Å². The van der Waals surface area contributed by atoms with Gasteiger partial charge in [-0.15, -0.1) is 5.10 Å². The Balaban J connectivity index is 1.75. The van der Waals surface area contributed by atoms with E-state index in [2.05, 4.69) is 16.9 Å². The van der Waals surface area contributed by atoms with Crippen LogP contribution in [-0.2, 0) is 6.67 Å². The first-order chi connectivity index (χ1) is 9.72. The quantitative estimate of drug-likeness (QED) is 0.860. The molecule has 0 unspecified atom stereocenters. The molecule has 1 fully saturated rings. The van der Waals surface area contributed by atoms with E-state index in [9.17, 15) is 4.79 Å². The van der Waals surface area contributed by atoms with Gasteiger partial charge in [0.1, 0.15) is 6.67 Å². The van der Waals surface area contributed by atoms with Crippen molar-refractivity contribution >= 4 is 0 Å². The summed E-state index contributed by atoms with van der Waals surface area (Å²) in [6, 6.07) is 9.50. The molecule has 0 radical (unpaired) electrons. The number of benzene rings is 1. The van der Waals surface area contributed by atoms with Gasteiger partial charge in [0.05, 0.1) is 0 Å². The van der Waals surface area contributed by atoms with Crippen molar-refractivity contribution in [2.24, 2.45) is 5.92 Å². The van der Waals surface area contributed by atoms with Gasteiger partial charge in [-0.1, -0.05) is 25.1 Å². The number of likely N-dealkylation sites (tertiary alicyclic amines) is 1. The lowest BCUT2D eigenvalue weighted by Gasteiger charge is -2.29. The molecule has 0 spiro atoms. The summed E-state index contributed by atoms with van der Waals surface area (Å²) in [5.41, 5.74) is 0.829. The summed E-state index contributed by atoms with van der Waals surface area (Å²) in [4.78, 5) is 14.1. The van der Waals surface area contributed by atoms with Gasteiger partial charge in [0.2, 0.25) is 5.89 Å². The largest absolute Gasteiger partial charge is 0.438 e. The third-order valence-electron chi connectivity index (χ3n) is 3.84. The summed E-state index contributed by atoms with van der Waals surface area (Å²) in [7, 11) is 0. The standard InChI is InChI=1S/C15H19N3O2/c1-12-7-9-17(10-8-12)11-18-15(19)20-14(16-18)13-5-3-2-4-6-13/h2-6,12H,7-11H2,1H3. The second kappa shape index (κ2) is 5.63. The Bertz CT molecular complexity index is 610. The first-order valence-electron chi connectivity index (χ1n) is 7.08. The lowest BCUT2D eigenvalue weighted by molar-refractivity contribution is 0.143. The van der Waals surface area contributed by atoms with Crippen molar-refractivity contribution in [1.29, 1.82) is 0 Å². The van der Waals surface area contributed by atoms with E-state index < -0.39 is 0 Å². The molecular formula is C15H19N3O2. The van der Waals surface area contributed by atoms with Crippen molar-refractivity contribution in [2.45, 2.75) is 26.4 Å². The molecule has 106 valence electrons. The van der Waals surface area contributed by atoms with Crippen LogP contribution in [0.1, 0.15) is 19.8 Å². The third kappa shape index (κ3) is 2.82. The predicted octanol–water partition coefficient (Wildman–Crippen LogP) is 2.19. The summed E-state index contributed by atoms with van der Waals surface area (Å²) in [5.74, 6) is 0.781. The Morgan fingerprint density at radius 1 is 1.25 bits per heavy atom. The molecule has 5 heteroatoms. The zero-order valence-electron chi connectivity index (χ0n) is 11.7. The summed E-state index contributed by atoms with van der Waals surface area (Å²) < 4.78 is 6.65. The minimum atomic E-state index is -0.387. The molecule has 3 rings (SSSR count). The van der Waals surface area contributed by atoms with Crippen LogP contribution in [0.4, 0.5) is 0 Å². The normalized spacial score (nSPS) is 17.4. The first kappa shape index (κ1) is 13.1. The average Bonchev–Trinajstić information content (AvgIpc) is 2.84. The van der Waals surface area contributed by atoms with E-state index >= 15 is 0 Å². The Kier molecular flexibility index (Phi) is 3.69. The fraction of sp³-hybridized carbons (Fsp3) is 0.467. The average molecular weight is 273 g/mol. The Morgan fingerprint density at radius 3 is 2.65 bits per heavy atom. The molecule has 0 saturated carbocycles. The molecule has 0 bridgehead atoms. The Morgan fingerprint density at radius 2 is 1.95 bits per heavy atom. The maximum atomic E-state index is 11.9. The van der Waals surface area contributed by atoms with Gasteiger partial charge in [0.15, 0.2) is 0 Å². The van der Waals surface area contributed by atoms with Crippen LogP contribution in [-0.4, -0.2) is 27.8 Å². The number of hydrogen-bond donors (Lipinski definition) is 0. The van der Waals surface area contributed by atoms with Gasteiger partial charge >= 0.3 is 5.76 Å². The Hall–Kier alpha value is -1.88. The summed E-state index contributed by atoms with van der Waals surface area (Å²) in [6.45, 7) is 4.82. The van der Waals surface area contributed by atoms with Crippen molar-refractivity contribution in [3.05, 3.63) is 40.9 Å². The zero-order chi connectivity index (χ0) is 13.9. The van der Waals surface area contributed by atoms with Crippen molar-refractivity contribution in [1.82, 2.24) is 14.7 Å². The Labute approximate surface area is 117 Å². The highest BCUT2D eigenvalue weighted by molar-refractivity contribution is 5.51. The monoisotopic (exact) mass is 273 g/mol. The molecule has 1 aliphatic rings. The predicted molar refractivity (Wildman–Crippen MR) is 76.2 cm³/mol. The van der Waals surface area contributed by atoms with Crippen molar-refractivity contribution in [3.63, 3.8) is 0 Å². The molecule has 1 aromatic carbocycles. The first-order valence-corrected chi connectivity index (χ1v) is 7.08. The minimum Gasteiger partial charge on any atom is -0.388 e. The van der Waals surface area contributed by atoms with Gasteiger partial charge in [0, 0.05) is 18.7 Å². The molecule has 0 atom stereocenters. The van der Waals surface area contributed by atoms with Crippen molar-refractivity contribution < 1.29 is 4.42 Å². The second-order valence-electron chi connectivity index (χ2n) is 5.48. The molecule has 2 aromatic rings. The van der Waals surface area contributed by atoms with Crippen molar-refractivity contribution in [3.8, 4) is 11.5 Å². The smallest absolute Gasteiger partial charge is 0.388 e. The third-order valence-corrected chi connectivity index (χ3v) is 3.84. The minimum absolute atomic E-state index is 0.387. The molecule has 2 heterocycles. The topological polar surface area (TPSA) is 51.3 Å². The molecule has 0 N–H and O–H groups in total. The van der Waals surface area contributed by atoms with Crippen LogP contribution < -0.4 is 5.76 Å². The van der Waals surface area contributed by atoms with E-state index in [0.29, 0.717) is 12.6 Å². The fourth-order valence-corrected chi connectivity index (χ4v) is 2.49. The molecule has 1 aromatic heterocycles.